The van der Waals surface area contributed by atoms with Gasteiger partial charge >= 0.3 is 0 Å². The number of amides is 1. The zero-order chi connectivity index (χ0) is 18.1. The highest BCUT2D eigenvalue weighted by atomic mass is 16.2. The summed E-state index contributed by atoms with van der Waals surface area (Å²) in [5.74, 6) is 0.193. The lowest BCUT2D eigenvalue weighted by atomic mass is 9.94. The lowest BCUT2D eigenvalue weighted by Gasteiger charge is -2.36. The van der Waals surface area contributed by atoms with Gasteiger partial charge in [0.05, 0.1) is 6.04 Å². The first kappa shape index (κ1) is 17.6. The van der Waals surface area contributed by atoms with Crippen LogP contribution in [0.5, 0.6) is 0 Å². The van der Waals surface area contributed by atoms with Crippen molar-refractivity contribution >= 4 is 16.8 Å². The fourth-order valence-electron chi connectivity index (χ4n) is 4.58. The number of hydrogen-bond acceptors (Lipinski definition) is 3. The van der Waals surface area contributed by atoms with Crippen LogP contribution in [0.15, 0.2) is 24.3 Å². The molecule has 26 heavy (non-hydrogen) atoms. The monoisotopic (exact) mass is 354 g/mol. The van der Waals surface area contributed by atoms with Crippen LogP contribution in [0.2, 0.25) is 0 Å². The summed E-state index contributed by atoms with van der Waals surface area (Å²) in [6, 6.07) is 8.73. The van der Waals surface area contributed by atoms with E-state index in [1.54, 1.807) is 6.92 Å². The average molecular weight is 354 g/mol. The van der Waals surface area contributed by atoms with Gasteiger partial charge in [-0.3, -0.25) is 4.79 Å². The van der Waals surface area contributed by atoms with E-state index in [9.17, 15) is 4.79 Å². The summed E-state index contributed by atoms with van der Waals surface area (Å²) in [7, 11) is 2.20. The van der Waals surface area contributed by atoms with E-state index in [-0.39, 0.29) is 11.9 Å². The van der Waals surface area contributed by atoms with Crippen LogP contribution in [0.4, 0.5) is 0 Å². The molecule has 0 spiro atoms. The highest BCUT2D eigenvalue weighted by Gasteiger charge is 2.31. The summed E-state index contributed by atoms with van der Waals surface area (Å²) >= 11 is 0. The van der Waals surface area contributed by atoms with Gasteiger partial charge in [-0.25, -0.2) is 0 Å². The molecule has 0 radical (unpaired) electrons. The first-order valence-electron chi connectivity index (χ1n) is 9.91. The molecule has 1 aromatic carbocycles. The predicted molar refractivity (Wildman–Crippen MR) is 105 cm³/mol. The van der Waals surface area contributed by atoms with Gasteiger partial charge in [-0.1, -0.05) is 18.2 Å². The van der Waals surface area contributed by atoms with Gasteiger partial charge in [-0.15, -0.1) is 0 Å². The third kappa shape index (κ3) is 3.38. The van der Waals surface area contributed by atoms with Crippen LogP contribution in [0, 0.1) is 0 Å². The van der Waals surface area contributed by atoms with Gasteiger partial charge in [-0.05, 0) is 44.5 Å². The minimum atomic E-state index is 0.191. The van der Waals surface area contributed by atoms with E-state index >= 15 is 0 Å². The van der Waals surface area contributed by atoms with Crippen molar-refractivity contribution < 1.29 is 4.79 Å². The Hall–Kier alpha value is -1.85. The molecule has 2 aliphatic heterocycles. The third-order valence-corrected chi connectivity index (χ3v) is 6.11. The maximum atomic E-state index is 12.2. The van der Waals surface area contributed by atoms with Crippen LogP contribution in [-0.2, 0) is 11.2 Å². The van der Waals surface area contributed by atoms with Crippen molar-refractivity contribution in [2.45, 2.75) is 32.2 Å². The zero-order valence-corrected chi connectivity index (χ0v) is 16.0. The Morgan fingerprint density at radius 1 is 1.15 bits per heavy atom. The summed E-state index contributed by atoms with van der Waals surface area (Å²) < 4.78 is 0. The number of benzene rings is 1. The molecule has 0 aliphatic carbocycles. The van der Waals surface area contributed by atoms with Crippen LogP contribution >= 0.6 is 0 Å². The topological polar surface area (TPSA) is 42.6 Å². The molecule has 0 bridgehead atoms. The second-order valence-corrected chi connectivity index (χ2v) is 7.83. The van der Waals surface area contributed by atoms with E-state index in [0.717, 1.165) is 58.5 Å². The van der Waals surface area contributed by atoms with Crippen LogP contribution in [0.3, 0.4) is 0 Å². The molecule has 1 unspecified atom stereocenters. The molecule has 1 saturated heterocycles. The van der Waals surface area contributed by atoms with Gasteiger partial charge in [0.2, 0.25) is 5.91 Å². The van der Waals surface area contributed by atoms with Crippen molar-refractivity contribution in [1.29, 1.82) is 0 Å². The number of nitrogens with zero attached hydrogens (tertiary/aromatic N) is 3. The molecule has 140 valence electrons. The van der Waals surface area contributed by atoms with E-state index in [1.807, 2.05) is 0 Å². The Balaban J connectivity index is 1.50. The highest BCUT2D eigenvalue weighted by molar-refractivity contribution is 5.86. The molecule has 1 atom stereocenters. The minimum absolute atomic E-state index is 0.191. The fraction of sp³-hybridized carbons (Fsp3) is 0.571. The molecule has 1 amide bonds. The van der Waals surface area contributed by atoms with E-state index in [1.165, 1.54) is 22.2 Å². The molecule has 1 fully saturated rings. The summed E-state index contributed by atoms with van der Waals surface area (Å²) in [4.78, 5) is 22.9. The summed E-state index contributed by atoms with van der Waals surface area (Å²) in [6.07, 6.45) is 3.12. The fourth-order valence-corrected chi connectivity index (χ4v) is 4.58. The van der Waals surface area contributed by atoms with Crippen molar-refractivity contribution in [2.24, 2.45) is 0 Å². The lowest BCUT2D eigenvalue weighted by Crippen LogP contribution is -2.45. The van der Waals surface area contributed by atoms with Crippen LogP contribution in [0.1, 0.15) is 37.1 Å². The van der Waals surface area contributed by atoms with E-state index in [2.05, 4.69) is 51.0 Å². The van der Waals surface area contributed by atoms with E-state index in [4.69, 9.17) is 0 Å². The van der Waals surface area contributed by atoms with Crippen molar-refractivity contribution in [3.63, 3.8) is 0 Å². The van der Waals surface area contributed by atoms with Gasteiger partial charge in [0.25, 0.3) is 0 Å². The Bertz CT molecular complexity index is 775. The molecule has 4 rings (SSSR count). The number of carbonyl (C=O) groups is 1. The molecule has 2 aromatic rings. The third-order valence-electron chi connectivity index (χ3n) is 6.11. The molecule has 1 aromatic heterocycles. The van der Waals surface area contributed by atoms with E-state index in [0.29, 0.717) is 0 Å². The van der Waals surface area contributed by atoms with Gasteiger partial charge in [-0.2, -0.15) is 0 Å². The Morgan fingerprint density at radius 2 is 1.92 bits per heavy atom. The Morgan fingerprint density at radius 3 is 2.69 bits per heavy atom. The molecular weight excluding hydrogens is 324 g/mol. The number of hydrogen-bond donors (Lipinski definition) is 1. The van der Waals surface area contributed by atoms with Gasteiger partial charge in [0, 0.05) is 56.2 Å². The smallest absolute Gasteiger partial charge is 0.220 e. The van der Waals surface area contributed by atoms with Crippen LogP contribution in [-0.4, -0.2) is 71.9 Å². The zero-order valence-electron chi connectivity index (χ0n) is 16.0. The van der Waals surface area contributed by atoms with Crippen LogP contribution < -0.4 is 0 Å². The summed E-state index contributed by atoms with van der Waals surface area (Å²) in [6.45, 7) is 8.32. The summed E-state index contributed by atoms with van der Waals surface area (Å²) in [5.41, 5.74) is 3.89. The number of carbonyl (C=O) groups excluding carboxylic acids is 1. The number of H-pyrrole nitrogens is 1. The maximum Gasteiger partial charge on any atom is 0.220 e. The molecule has 3 heterocycles. The first-order valence-corrected chi connectivity index (χ1v) is 9.91. The van der Waals surface area contributed by atoms with Crippen molar-refractivity contribution in [3.8, 4) is 0 Å². The molecule has 1 N–H and O–H groups in total. The number of nitrogens with one attached hydrogen (secondary N) is 1. The average Bonchev–Trinajstić information content (AvgIpc) is 3.02. The van der Waals surface area contributed by atoms with E-state index < -0.39 is 0 Å². The highest BCUT2D eigenvalue weighted by Crippen LogP contribution is 2.36. The Labute approximate surface area is 155 Å². The number of aromatic amines is 1. The largest absolute Gasteiger partial charge is 0.356 e. The van der Waals surface area contributed by atoms with Gasteiger partial charge < -0.3 is 19.7 Å². The number of aromatic nitrogens is 1. The quantitative estimate of drug-likeness (QED) is 0.918. The second-order valence-electron chi connectivity index (χ2n) is 7.83. The standard InChI is InChI=1S/C21H30N4O/c1-16(26)25-11-9-18-17-6-3-4-7-19(17)22-21(18)20(25)8-5-10-24-14-12-23(2)13-15-24/h3-4,6-7,20,22H,5,8-15H2,1-2H3. The molecule has 5 nitrogen and oxygen atoms in total. The second kappa shape index (κ2) is 7.41. The maximum absolute atomic E-state index is 12.2. The minimum Gasteiger partial charge on any atom is -0.356 e. The number of para-hydroxylation sites is 1. The first-order chi connectivity index (χ1) is 12.6. The lowest BCUT2D eigenvalue weighted by molar-refractivity contribution is -0.132. The van der Waals surface area contributed by atoms with Crippen molar-refractivity contribution in [2.75, 3.05) is 46.3 Å². The molecule has 5 heteroatoms. The van der Waals surface area contributed by atoms with Crippen LogP contribution in [0.25, 0.3) is 10.9 Å². The molecular formula is C21H30N4O. The predicted octanol–water partition coefficient (Wildman–Crippen LogP) is 2.64. The number of piperazine rings is 1. The number of rotatable bonds is 4. The normalized spacial score (nSPS) is 21.9. The van der Waals surface area contributed by atoms with Crippen molar-refractivity contribution in [1.82, 2.24) is 19.7 Å². The number of fused-ring (bicyclic) bond motifs is 3. The van der Waals surface area contributed by atoms with Gasteiger partial charge in [0.15, 0.2) is 0 Å². The van der Waals surface area contributed by atoms with Crippen molar-refractivity contribution in [3.05, 3.63) is 35.5 Å². The SMILES string of the molecule is CC(=O)N1CCc2c([nH]c3ccccc23)C1CCCN1CCN(C)CC1. The molecule has 2 aliphatic rings. The van der Waals surface area contributed by atoms with Gasteiger partial charge in [0.1, 0.15) is 0 Å². The number of likely N-dealkylation sites (N-methyl/N-ethyl adjacent to an activating group) is 1. The molecule has 0 saturated carbocycles. The summed E-state index contributed by atoms with van der Waals surface area (Å²) in [5, 5.41) is 1.33. The Kier molecular flexibility index (Phi) is 5.00.